The minimum Gasteiger partial charge on any atom is -0.337 e. The SMILES string of the molecule is CNCC1CCCN(C(=O)c2csc(Cc3ccccc3)n2)C1.Cl.Cl. The van der Waals surface area contributed by atoms with E-state index in [2.05, 4.69) is 22.4 Å². The van der Waals surface area contributed by atoms with Gasteiger partial charge in [-0.3, -0.25) is 4.79 Å². The number of amides is 1. The van der Waals surface area contributed by atoms with E-state index in [1.807, 2.05) is 35.5 Å². The molecule has 2 heterocycles. The Balaban J connectivity index is 0.00000156. The summed E-state index contributed by atoms with van der Waals surface area (Å²) in [5, 5.41) is 6.12. The molecule has 0 bridgehead atoms. The number of carbonyl (C=O) groups is 1. The molecular weight excluding hydrogens is 377 g/mol. The summed E-state index contributed by atoms with van der Waals surface area (Å²) >= 11 is 1.58. The molecule has 0 spiro atoms. The molecule has 4 nitrogen and oxygen atoms in total. The number of aromatic nitrogens is 1. The van der Waals surface area contributed by atoms with Crippen molar-refractivity contribution in [2.24, 2.45) is 5.92 Å². The summed E-state index contributed by atoms with van der Waals surface area (Å²) in [6.45, 7) is 2.66. The first-order chi connectivity index (χ1) is 11.3. The highest BCUT2D eigenvalue weighted by Gasteiger charge is 2.25. The molecule has 1 unspecified atom stereocenters. The average Bonchev–Trinajstić information content (AvgIpc) is 3.04. The molecule has 25 heavy (non-hydrogen) atoms. The van der Waals surface area contributed by atoms with Crippen molar-refractivity contribution in [2.45, 2.75) is 19.3 Å². The Morgan fingerprint density at radius 2 is 2.08 bits per heavy atom. The van der Waals surface area contributed by atoms with Crippen molar-refractivity contribution in [3.63, 3.8) is 0 Å². The lowest BCUT2D eigenvalue weighted by Crippen LogP contribution is -2.42. The lowest BCUT2D eigenvalue weighted by atomic mass is 9.98. The van der Waals surface area contributed by atoms with Gasteiger partial charge in [-0.15, -0.1) is 36.2 Å². The van der Waals surface area contributed by atoms with E-state index >= 15 is 0 Å². The van der Waals surface area contributed by atoms with Gasteiger partial charge < -0.3 is 10.2 Å². The lowest BCUT2D eigenvalue weighted by Gasteiger charge is -2.32. The van der Waals surface area contributed by atoms with Gasteiger partial charge in [0.1, 0.15) is 5.69 Å². The Morgan fingerprint density at radius 1 is 1.32 bits per heavy atom. The highest BCUT2D eigenvalue weighted by atomic mass is 35.5. The largest absolute Gasteiger partial charge is 0.337 e. The zero-order valence-electron chi connectivity index (χ0n) is 14.3. The summed E-state index contributed by atoms with van der Waals surface area (Å²) in [5.41, 5.74) is 1.83. The van der Waals surface area contributed by atoms with Crippen LogP contribution in [0.5, 0.6) is 0 Å². The molecule has 0 saturated carbocycles. The third-order valence-corrected chi connectivity index (χ3v) is 5.12. The van der Waals surface area contributed by atoms with Crippen LogP contribution in [0.4, 0.5) is 0 Å². The summed E-state index contributed by atoms with van der Waals surface area (Å²) in [7, 11) is 1.97. The number of piperidine rings is 1. The normalized spacial score (nSPS) is 16.7. The molecule has 1 aromatic heterocycles. The number of thiazole rings is 1. The standard InChI is InChI=1S/C18H23N3OS.2ClH/c1-19-11-15-8-5-9-21(12-15)18(22)16-13-23-17(20-16)10-14-6-3-2-4-7-14;;/h2-4,6-7,13,15,19H,5,8-12H2,1H3;2*1H. The Kier molecular flexibility index (Phi) is 9.43. The summed E-state index contributed by atoms with van der Waals surface area (Å²) in [6.07, 6.45) is 3.07. The van der Waals surface area contributed by atoms with Gasteiger partial charge in [-0.2, -0.15) is 0 Å². The zero-order valence-corrected chi connectivity index (χ0v) is 16.8. The van der Waals surface area contributed by atoms with Crippen LogP contribution in [-0.2, 0) is 6.42 Å². The fourth-order valence-electron chi connectivity index (χ4n) is 3.13. The van der Waals surface area contributed by atoms with Crippen molar-refractivity contribution in [1.82, 2.24) is 15.2 Å². The molecule has 1 N–H and O–H groups in total. The molecule has 0 radical (unpaired) electrons. The molecule has 7 heteroatoms. The molecule has 1 aliphatic heterocycles. The van der Waals surface area contributed by atoms with Gasteiger partial charge >= 0.3 is 0 Å². The number of nitrogens with one attached hydrogen (secondary N) is 1. The molecule has 1 saturated heterocycles. The number of hydrogen-bond acceptors (Lipinski definition) is 4. The first kappa shape index (κ1) is 21.9. The first-order valence-electron chi connectivity index (χ1n) is 8.18. The van der Waals surface area contributed by atoms with Crippen molar-refractivity contribution in [3.8, 4) is 0 Å². The lowest BCUT2D eigenvalue weighted by molar-refractivity contribution is 0.0669. The van der Waals surface area contributed by atoms with Crippen molar-refractivity contribution >= 4 is 42.1 Å². The van der Waals surface area contributed by atoms with Crippen LogP contribution in [0.3, 0.4) is 0 Å². The fourth-order valence-corrected chi connectivity index (χ4v) is 3.93. The summed E-state index contributed by atoms with van der Waals surface area (Å²) < 4.78 is 0. The van der Waals surface area contributed by atoms with Crippen molar-refractivity contribution in [1.29, 1.82) is 0 Å². The highest BCUT2D eigenvalue weighted by Crippen LogP contribution is 2.20. The molecule has 1 atom stereocenters. The minimum absolute atomic E-state index is 0. The average molecular weight is 402 g/mol. The number of rotatable bonds is 5. The number of benzene rings is 1. The molecular formula is C18H25Cl2N3OS. The topological polar surface area (TPSA) is 45.2 Å². The maximum Gasteiger partial charge on any atom is 0.273 e. The summed E-state index contributed by atoms with van der Waals surface area (Å²) in [4.78, 5) is 19.2. The van der Waals surface area contributed by atoms with E-state index in [4.69, 9.17) is 0 Å². The van der Waals surface area contributed by atoms with Crippen LogP contribution in [0.25, 0.3) is 0 Å². The predicted octanol–water partition coefficient (Wildman–Crippen LogP) is 3.65. The number of hydrogen-bond donors (Lipinski definition) is 1. The fraction of sp³-hybridized carbons (Fsp3) is 0.444. The van der Waals surface area contributed by atoms with Crippen LogP contribution in [-0.4, -0.2) is 42.5 Å². The van der Waals surface area contributed by atoms with Crippen LogP contribution in [0.1, 0.15) is 33.9 Å². The first-order valence-corrected chi connectivity index (χ1v) is 9.06. The minimum atomic E-state index is 0. The molecule has 0 aliphatic carbocycles. The summed E-state index contributed by atoms with van der Waals surface area (Å²) in [5.74, 6) is 0.640. The van der Waals surface area contributed by atoms with E-state index in [9.17, 15) is 4.79 Å². The maximum atomic E-state index is 12.7. The van der Waals surface area contributed by atoms with E-state index in [0.29, 0.717) is 11.6 Å². The second kappa shape index (κ2) is 10.8. The van der Waals surface area contributed by atoms with Crippen molar-refractivity contribution in [3.05, 3.63) is 52.0 Å². The Hall–Kier alpha value is -1.14. The summed E-state index contributed by atoms with van der Waals surface area (Å²) in [6, 6.07) is 10.3. The number of likely N-dealkylation sites (tertiary alicyclic amines) is 1. The third kappa shape index (κ3) is 5.96. The van der Waals surface area contributed by atoms with Gasteiger partial charge in [0.25, 0.3) is 5.91 Å². The number of nitrogens with zero attached hydrogens (tertiary/aromatic N) is 2. The second-order valence-corrected chi connectivity index (χ2v) is 7.05. The van der Waals surface area contributed by atoms with Gasteiger partial charge in [-0.25, -0.2) is 4.98 Å². The van der Waals surface area contributed by atoms with E-state index in [1.54, 1.807) is 11.3 Å². The molecule has 1 amide bonds. The van der Waals surface area contributed by atoms with Crippen molar-refractivity contribution in [2.75, 3.05) is 26.7 Å². The van der Waals surface area contributed by atoms with Gasteiger partial charge in [0.2, 0.25) is 0 Å². The Morgan fingerprint density at radius 3 is 2.80 bits per heavy atom. The zero-order chi connectivity index (χ0) is 16.1. The van der Waals surface area contributed by atoms with E-state index < -0.39 is 0 Å². The van der Waals surface area contributed by atoms with Crippen LogP contribution in [0.2, 0.25) is 0 Å². The quantitative estimate of drug-likeness (QED) is 0.831. The van der Waals surface area contributed by atoms with Crippen LogP contribution >= 0.6 is 36.2 Å². The van der Waals surface area contributed by atoms with Crippen LogP contribution in [0.15, 0.2) is 35.7 Å². The molecule has 1 aliphatic rings. The highest BCUT2D eigenvalue weighted by molar-refractivity contribution is 7.09. The number of carbonyl (C=O) groups excluding carboxylic acids is 1. The maximum absolute atomic E-state index is 12.7. The van der Waals surface area contributed by atoms with E-state index in [1.165, 1.54) is 12.0 Å². The van der Waals surface area contributed by atoms with Crippen LogP contribution in [0, 0.1) is 5.92 Å². The molecule has 3 rings (SSSR count). The molecule has 138 valence electrons. The van der Waals surface area contributed by atoms with E-state index in [0.717, 1.165) is 37.5 Å². The molecule has 1 fully saturated rings. The van der Waals surface area contributed by atoms with Gasteiger partial charge in [0.05, 0.1) is 5.01 Å². The van der Waals surface area contributed by atoms with Gasteiger partial charge in [0.15, 0.2) is 0 Å². The third-order valence-electron chi connectivity index (χ3n) is 4.27. The predicted molar refractivity (Wildman–Crippen MR) is 108 cm³/mol. The van der Waals surface area contributed by atoms with E-state index in [-0.39, 0.29) is 30.7 Å². The van der Waals surface area contributed by atoms with Gasteiger partial charge in [0, 0.05) is 24.9 Å². The smallest absolute Gasteiger partial charge is 0.273 e. The number of halogens is 2. The Bertz CT molecular complexity index is 649. The van der Waals surface area contributed by atoms with Crippen LogP contribution < -0.4 is 5.32 Å². The van der Waals surface area contributed by atoms with Gasteiger partial charge in [-0.1, -0.05) is 30.3 Å². The Labute approximate surface area is 165 Å². The second-order valence-electron chi connectivity index (χ2n) is 6.11. The van der Waals surface area contributed by atoms with Gasteiger partial charge in [-0.05, 0) is 37.9 Å². The molecule has 1 aromatic carbocycles. The molecule has 2 aromatic rings. The van der Waals surface area contributed by atoms with Crippen molar-refractivity contribution < 1.29 is 4.79 Å². The monoisotopic (exact) mass is 401 g/mol.